The fourth-order valence-corrected chi connectivity index (χ4v) is 3.02. The fraction of sp³-hybridized carbons (Fsp3) is 0.929. The quantitative estimate of drug-likeness (QED) is 0.819. The smallest absolute Gasteiger partial charge is 0.354 e. The maximum atomic E-state index is 12.7. The van der Waals surface area contributed by atoms with E-state index in [4.69, 9.17) is 5.73 Å². The van der Waals surface area contributed by atoms with Crippen LogP contribution in [-0.2, 0) is 4.79 Å². The van der Waals surface area contributed by atoms with Gasteiger partial charge in [0, 0.05) is 6.54 Å². The molecule has 0 aromatic heterocycles. The first-order chi connectivity index (χ1) is 9.00. The lowest BCUT2D eigenvalue weighted by molar-refractivity contribution is -0.187. The highest BCUT2D eigenvalue weighted by Crippen LogP contribution is 2.42. The standard InChI is InChI=1S/C14H25F3N2O/c1-10(2)8-13(6-4-5-7-13)9-19-11(20)12(3,18)14(15,16)17/h10H,4-9,18H2,1-3H3,(H,19,20). The van der Waals surface area contributed by atoms with Gasteiger partial charge < -0.3 is 11.1 Å². The Hall–Kier alpha value is -0.780. The van der Waals surface area contributed by atoms with Gasteiger partial charge in [-0.15, -0.1) is 0 Å². The van der Waals surface area contributed by atoms with Crippen molar-refractivity contribution in [3.63, 3.8) is 0 Å². The number of carbonyl (C=O) groups is 1. The average molecular weight is 294 g/mol. The average Bonchev–Trinajstić information content (AvgIpc) is 2.72. The van der Waals surface area contributed by atoms with E-state index in [1.807, 2.05) is 0 Å². The molecule has 3 N–H and O–H groups in total. The zero-order valence-corrected chi connectivity index (χ0v) is 12.4. The van der Waals surface area contributed by atoms with Crippen LogP contribution < -0.4 is 11.1 Å². The predicted octanol–water partition coefficient (Wildman–Crippen LogP) is 2.99. The highest BCUT2D eigenvalue weighted by molar-refractivity contribution is 5.86. The van der Waals surface area contributed by atoms with Crippen molar-refractivity contribution in [1.29, 1.82) is 0 Å². The van der Waals surface area contributed by atoms with Gasteiger partial charge in [0.15, 0.2) is 5.54 Å². The summed E-state index contributed by atoms with van der Waals surface area (Å²) in [6, 6.07) is 0. The summed E-state index contributed by atoms with van der Waals surface area (Å²) in [4.78, 5) is 11.7. The maximum absolute atomic E-state index is 12.7. The summed E-state index contributed by atoms with van der Waals surface area (Å²) in [5.41, 5.74) is 2.24. The van der Waals surface area contributed by atoms with Crippen molar-refractivity contribution in [2.24, 2.45) is 17.1 Å². The van der Waals surface area contributed by atoms with Gasteiger partial charge in [-0.1, -0.05) is 26.7 Å². The summed E-state index contributed by atoms with van der Waals surface area (Å²) < 4.78 is 38.1. The Kier molecular flexibility index (Phi) is 5.11. The Morgan fingerprint density at radius 1 is 1.30 bits per heavy atom. The monoisotopic (exact) mass is 294 g/mol. The number of halogens is 3. The number of carbonyl (C=O) groups excluding carboxylic acids is 1. The Labute approximate surface area is 118 Å². The van der Waals surface area contributed by atoms with E-state index in [1.54, 1.807) is 0 Å². The Bertz CT molecular complexity index is 345. The van der Waals surface area contributed by atoms with E-state index in [2.05, 4.69) is 19.2 Å². The van der Waals surface area contributed by atoms with Crippen molar-refractivity contribution in [1.82, 2.24) is 5.32 Å². The molecule has 1 aliphatic carbocycles. The molecule has 1 amide bonds. The summed E-state index contributed by atoms with van der Waals surface area (Å²) in [6.45, 7) is 5.17. The molecule has 1 saturated carbocycles. The van der Waals surface area contributed by atoms with Crippen molar-refractivity contribution >= 4 is 5.91 Å². The third-order valence-electron chi connectivity index (χ3n) is 4.19. The number of alkyl halides is 3. The molecular formula is C14H25F3N2O. The maximum Gasteiger partial charge on any atom is 0.415 e. The molecule has 1 atom stereocenters. The Morgan fingerprint density at radius 2 is 1.80 bits per heavy atom. The zero-order valence-electron chi connectivity index (χ0n) is 12.4. The van der Waals surface area contributed by atoms with Crippen LogP contribution in [0.5, 0.6) is 0 Å². The van der Waals surface area contributed by atoms with Gasteiger partial charge in [-0.25, -0.2) is 0 Å². The first-order valence-corrected chi connectivity index (χ1v) is 7.14. The first-order valence-electron chi connectivity index (χ1n) is 7.14. The highest BCUT2D eigenvalue weighted by atomic mass is 19.4. The molecule has 0 aromatic carbocycles. The number of amides is 1. The molecule has 1 aliphatic rings. The van der Waals surface area contributed by atoms with Crippen LogP contribution in [0.2, 0.25) is 0 Å². The van der Waals surface area contributed by atoms with Crippen LogP contribution in [0.25, 0.3) is 0 Å². The number of nitrogens with one attached hydrogen (secondary N) is 1. The molecule has 20 heavy (non-hydrogen) atoms. The lowest BCUT2D eigenvalue weighted by Gasteiger charge is -2.33. The number of hydrogen-bond acceptors (Lipinski definition) is 2. The molecule has 1 fully saturated rings. The van der Waals surface area contributed by atoms with Gasteiger partial charge in [0.1, 0.15) is 0 Å². The third-order valence-corrected chi connectivity index (χ3v) is 4.19. The molecule has 3 nitrogen and oxygen atoms in total. The Morgan fingerprint density at radius 3 is 2.20 bits per heavy atom. The molecular weight excluding hydrogens is 269 g/mol. The summed E-state index contributed by atoms with van der Waals surface area (Å²) >= 11 is 0. The van der Waals surface area contributed by atoms with Crippen molar-refractivity contribution in [2.45, 2.75) is 64.6 Å². The molecule has 0 radical (unpaired) electrons. The van der Waals surface area contributed by atoms with Gasteiger partial charge in [-0.2, -0.15) is 13.2 Å². The van der Waals surface area contributed by atoms with Crippen LogP contribution in [0, 0.1) is 11.3 Å². The van der Waals surface area contributed by atoms with Gasteiger partial charge in [-0.05, 0) is 37.5 Å². The van der Waals surface area contributed by atoms with Gasteiger partial charge in [-0.3, -0.25) is 4.79 Å². The van der Waals surface area contributed by atoms with E-state index in [1.165, 1.54) is 0 Å². The van der Waals surface area contributed by atoms with Gasteiger partial charge >= 0.3 is 6.18 Å². The van der Waals surface area contributed by atoms with Crippen molar-refractivity contribution in [2.75, 3.05) is 6.54 Å². The third kappa shape index (κ3) is 3.87. The Balaban J connectivity index is 2.67. The normalized spacial score (nSPS) is 21.8. The van der Waals surface area contributed by atoms with Gasteiger partial charge in [0.2, 0.25) is 5.91 Å². The lowest BCUT2D eigenvalue weighted by atomic mass is 9.78. The van der Waals surface area contributed by atoms with E-state index in [9.17, 15) is 18.0 Å². The number of rotatable bonds is 5. The summed E-state index contributed by atoms with van der Waals surface area (Å²) in [5.74, 6) is -0.683. The minimum absolute atomic E-state index is 0.0640. The van der Waals surface area contributed by atoms with Crippen LogP contribution in [0.3, 0.4) is 0 Å². The van der Waals surface area contributed by atoms with E-state index >= 15 is 0 Å². The lowest BCUT2D eigenvalue weighted by Crippen LogP contribution is -2.62. The molecule has 1 unspecified atom stereocenters. The summed E-state index contributed by atoms with van der Waals surface area (Å²) in [7, 11) is 0. The van der Waals surface area contributed by atoms with Crippen LogP contribution in [0.1, 0.15) is 52.9 Å². The molecule has 6 heteroatoms. The largest absolute Gasteiger partial charge is 0.415 e. The first kappa shape index (κ1) is 17.3. The minimum atomic E-state index is -4.74. The minimum Gasteiger partial charge on any atom is -0.354 e. The van der Waals surface area contributed by atoms with Crippen molar-refractivity contribution in [3.8, 4) is 0 Å². The topological polar surface area (TPSA) is 55.1 Å². The predicted molar refractivity (Wildman–Crippen MR) is 72.0 cm³/mol. The molecule has 0 aliphatic heterocycles. The second-order valence-electron chi connectivity index (χ2n) is 6.69. The van der Waals surface area contributed by atoms with E-state index in [0.29, 0.717) is 12.8 Å². The summed E-state index contributed by atoms with van der Waals surface area (Å²) in [6.07, 6.45) is 0.236. The van der Waals surface area contributed by atoms with E-state index in [0.717, 1.165) is 32.1 Å². The number of hydrogen-bond donors (Lipinski definition) is 2. The second kappa shape index (κ2) is 5.92. The molecule has 0 saturated heterocycles. The molecule has 1 rings (SSSR count). The summed E-state index contributed by atoms with van der Waals surface area (Å²) in [5, 5.41) is 2.43. The molecule has 118 valence electrons. The zero-order chi connectivity index (χ0) is 15.6. The van der Waals surface area contributed by atoms with Crippen LogP contribution in [0.4, 0.5) is 13.2 Å². The molecule has 0 spiro atoms. The molecule has 0 bridgehead atoms. The number of nitrogens with two attached hydrogens (primary N) is 1. The van der Waals surface area contributed by atoms with Gasteiger partial charge in [0.25, 0.3) is 0 Å². The molecule has 0 aromatic rings. The van der Waals surface area contributed by atoms with Gasteiger partial charge in [0.05, 0.1) is 0 Å². The van der Waals surface area contributed by atoms with Crippen molar-refractivity contribution < 1.29 is 18.0 Å². The van der Waals surface area contributed by atoms with Crippen molar-refractivity contribution in [3.05, 3.63) is 0 Å². The second-order valence-corrected chi connectivity index (χ2v) is 6.69. The van der Waals surface area contributed by atoms with E-state index < -0.39 is 17.6 Å². The van der Waals surface area contributed by atoms with Crippen LogP contribution >= 0.6 is 0 Å². The van der Waals surface area contributed by atoms with Crippen LogP contribution in [0.15, 0.2) is 0 Å². The van der Waals surface area contributed by atoms with Crippen LogP contribution in [-0.4, -0.2) is 24.2 Å². The molecule has 0 heterocycles. The SMILES string of the molecule is CC(C)CC1(CNC(=O)C(C)(N)C(F)(F)F)CCCC1. The highest BCUT2D eigenvalue weighted by Gasteiger charge is 2.54. The van der Waals surface area contributed by atoms with E-state index in [-0.39, 0.29) is 12.0 Å². The fourth-order valence-electron chi connectivity index (χ4n) is 3.02.